The van der Waals surface area contributed by atoms with Crippen LogP contribution in [0.25, 0.3) is 0 Å². The predicted octanol–water partition coefficient (Wildman–Crippen LogP) is 4.73. The summed E-state index contributed by atoms with van der Waals surface area (Å²) in [6, 6.07) is 22.0. The van der Waals surface area contributed by atoms with Crippen LogP contribution in [0.2, 0.25) is 0 Å². The minimum absolute atomic E-state index is 0.210. The molecule has 3 aromatic carbocycles. The number of carbonyl (C=O) groups excluding carboxylic acids is 1. The van der Waals surface area contributed by atoms with Gasteiger partial charge in [-0.2, -0.15) is 0 Å². The molecule has 0 amide bonds. The molecule has 1 heterocycles. The molecular formula is C26H26O5. The van der Waals surface area contributed by atoms with Crippen molar-refractivity contribution in [1.82, 2.24) is 0 Å². The van der Waals surface area contributed by atoms with Crippen LogP contribution < -0.4 is 14.2 Å². The van der Waals surface area contributed by atoms with Gasteiger partial charge in [-0.15, -0.1) is 0 Å². The van der Waals surface area contributed by atoms with E-state index in [4.69, 9.17) is 18.9 Å². The molecule has 0 atom stereocenters. The first-order chi connectivity index (χ1) is 15.2. The van der Waals surface area contributed by atoms with E-state index in [0.717, 1.165) is 33.8 Å². The van der Waals surface area contributed by atoms with Crippen LogP contribution in [0.1, 0.15) is 29.2 Å². The molecule has 4 rings (SSSR count). The van der Waals surface area contributed by atoms with Crippen LogP contribution in [0.4, 0.5) is 0 Å². The maximum Gasteiger partial charge on any atom is 0.310 e. The Bertz CT molecular complexity index is 1010. The molecule has 0 saturated heterocycles. The zero-order valence-electron chi connectivity index (χ0n) is 17.6. The Balaban J connectivity index is 1.52. The van der Waals surface area contributed by atoms with Gasteiger partial charge in [0.25, 0.3) is 0 Å². The van der Waals surface area contributed by atoms with Gasteiger partial charge in [-0.1, -0.05) is 54.6 Å². The highest BCUT2D eigenvalue weighted by Gasteiger charge is 2.17. The van der Waals surface area contributed by atoms with Crippen molar-refractivity contribution in [2.45, 2.75) is 26.4 Å². The smallest absolute Gasteiger partial charge is 0.310 e. The van der Waals surface area contributed by atoms with E-state index in [1.807, 2.05) is 73.7 Å². The molecule has 0 N–H and O–H groups in total. The number of ether oxygens (including phenoxy) is 4. The van der Waals surface area contributed by atoms with E-state index < -0.39 is 0 Å². The highest BCUT2D eigenvalue weighted by molar-refractivity contribution is 5.72. The quantitative estimate of drug-likeness (QED) is 0.495. The van der Waals surface area contributed by atoms with Crippen LogP contribution >= 0.6 is 0 Å². The lowest BCUT2D eigenvalue weighted by Crippen LogP contribution is -2.16. The van der Waals surface area contributed by atoms with Crippen LogP contribution in [0.5, 0.6) is 17.2 Å². The first-order valence-corrected chi connectivity index (χ1v) is 10.5. The molecule has 0 saturated carbocycles. The van der Waals surface area contributed by atoms with Crippen LogP contribution in [0.3, 0.4) is 0 Å². The van der Waals surface area contributed by atoms with Gasteiger partial charge in [0.05, 0.1) is 13.0 Å². The van der Waals surface area contributed by atoms with Crippen LogP contribution in [0.15, 0.2) is 66.7 Å². The molecule has 0 spiro atoms. The number of hydrogen-bond acceptors (Lipinski definition) is 5. The second kappa shape index (κ2) is 10.0. The third-order valence-electron chi connectivity index (χ3n) is 5.03. The summed E-state index contributed by atoms with van der Waals surface area (Å²) in [5.74, 6) is 2.03. The summed E-state index contributed by atoms with van der Waals surface area (Å²) < 4.78 is 22.7. The summed E-state index contributed by atoms with van der Waals surface area (Å²) in [6.07, 6.45) is 0.962. The average Bonchev–Trinajstić information content (AvgIpc) is 2.80. The van der Waals surface area contributed by atoms with Gasteiger partial charge in [-0.25, -0.2) is 0 Å². The highest BCUT2D eigenvalue weighted by Crippen LogP contribution is 2.38. The van der Waals surface area contributed by atoms with Crippen molar-refractivity contribution in [3.8, 4) is 17.2 Å². The van der Waals surface area contributed by atoms with Crippen LogP contribution in [0, 0.1) is 0 Å². The molecule has 0 aromatic heterocycles. The number of hydrogen-bond donors (Lipinski definition) is 0. The van der Waals surface area contributed by atoms with E-state index in [1.54, 1.807) is 0 Å². The maximum atomic E-state index is 11.7. The summed E-state index contributed by atoms with van der Waals surface area (Å²) in [4.78, 5) is 11.7. The zero-order valence-corrected chi connectivity index (χ0v) is 17.6. The van der Waals surface area contributed by atoms with E-state index >= 15 is 0 Å². The summed E-state index contributed by atoms with van der Waals surface area (Å²) in [5.41, 5.74) is 4.18. The molecule has 0 aliphatic carbocycles. The molecule has 0 radical (unpaired) electrons. The minimum Gasteiger partial charge on any atom is -0.488 e. The Morgan fingerprint density at radius 1 is 0.871 bits per heavy atom. The van der Waals surface area contributed by atoms with E-state index in [0.29, 0.717) is 38.6 Å². The second-order valence-electron chi connectivity index (χ2n) is 7.35. The normalized spacial score (nSPS) is 12.3. The maximum absolute atomic E-state index is 11.7. The van der Waals surface area contributed by atoms with Gasteiger partial charge in [-0.05, 0) is 29.7 Å². The van der Waals surface area contributed by atoms with Crippen molar-refractivity contribution in [2.24, 2.45) is 0 Å². The summed E-state index contributed by atoms with van der Waals surface area (Å²) in [7, 11) is 0. The van der Waals surface area contributed by atoms with Crippen molar-refractivity contribution in [2.75, 3.05) is 19.8 Å². The van der Waals surface area contributed by atoms with Crippen molar-refractivity contribution in [3.63, 3.8) is 0 Å². The molecule has 0 unspecified atom stereocenters. The number of benzene rings is 3. The Kier molecular flexibility index (Phi) is 6.72. The zero-order chi connectivity index (χ0) is 21.5. The lowest BCUT2D eigenvalue weighted by atomic mass is 10.0. The first kappa shape index (κ1) is 20.8. The van der Waals surface area contributed by atoms with E-state index in [-0.39, 0.29) is 12.4 Å². The fourth-order valence-corrected chi connectivity index (χ4v) is 3.49. The van der Waals surface area contributed by atoms with E-state index in [2.05, 4.69) is 0 Å². The summed E-state index contributed by atoms with van der Waals surface area (Å²) in [5, 5.41) is 0. The number of rotatable bonds is 8. The minimum atomic E-state index is -0.210. The Morgan fingerprint density at radius 3 is 2.26 bits per heavy atom. The van der Waals surface area contributed by atoms with Gasteiger partial charge >= 0.3 is 5.97 Å². The monoisotopic (exact) mass is 418 g/mol. The second-order valence-corrected chi connectivity index (χ2v) is 7.35. The largest absolute Gasteiger partial charge is 0.488 e. The van der Waals surface area contributed by atoms with Crippen molar-refractivity contribution in [3.05, 3.63) is 89.0 Å². The van der Waals surface area contributed by atoms with Gasteiger partial charge in [0.2, 0.25) is 0 Å². The van der Waals surface area contributed by atoms with Gasteiger partial charge in [0.1, 0.15) is 25.6 Å². The SMILES string of the molecule is CCOC(=O)Cc1ccc(Cc2cc3c(cc2OCc2ccccc2)OCCO3)cc1. The van der Waals surface area contributed by atoms with Crippen LogP contribution in [-0.4, -0.2) is 25.8 Å². The van der Waals surface area contributed by atoms with Crippen LogP contribution in [-0.2, 0) is 29.0 Å². The Labute approximate surface area is 182 Å². The highest BCUT2D eigenvalue weighted by atomic mass is 16.6. The fourth-order valence-electron chi connectivity index (χ4n) is 3.49. The molecule has 0 bridgehead atoms. The standard InChI is InChI=1S/C26H26O5/c1-2-28-26(27)15-20-10-8-19(9-11-20)14-22-16-24-25(30-13-12-29-24)17-23(22)31-18-21-6-4-3-5-7-21/h3-11,16-17H,2,12-15,18H2,1H3. The Hall–Kier alpha value is -3.47. The Morgan fingerprint density at radius 2 is 1.55 bits per heavy atom. The topological polar surface area (TPSA) is 54.0 Å². The molecule has 5 nitrogen and oxygen atoms in total. The number of fused-ring (bicyclic) bond motifs is 1. The number of esters is 1. The molecule has 1 aliphatic heterocycles. The molecular weight excluding hydrogens is 392 g/mol. The van der Waals surface area contributed by atoms with E-state index in [1.165, 1.54) is 0 Å². The third-order valence-corrected chi connectivity index (χ3v) is 5.03. The predicted molar refractivity (Wildman–Crippen MR) is 118 cm³/mol. The third kappa shape index (κ3) is 5.57. The molecule has 160 valence electrons. The first-order valence-electron chi connectivity index (χ1n) is 10.5. The molecule has 1 aliphatic rings. The lowest BCUT2D eigenvalue weighted by Gasteiger charge is -2.21. The van der Waals surface area contributed by atoms with Gasteiger partial charge < -0.3 is 18.9 Å². The van der Waals surface area contributed by atoms with Crippen molar-refractivity contribution in [1.29, 1.82) is 0 Å². The van der Waals surface area contributed by atoms with Crippen molar-refractivity contribution >= 4 is 5.97 Å². The summed E-state index contributed by atoms with van der Waals surface area (Å²) in [6.45, 7) is 3.76. The van der Waals surface area contributed by atoms with Gasteiger partial charge in [0, 0.05) is 18.1 Å². The average molecular weight is 418 g/mol. The van der Waals surface area contributed by atoms with Gasteiger partial charge in [-0.3, -0.25) is 4.79 Å². The lowest BCUT2D eigenvalue weighted by molar-refractivity contribution is -0.142. The molecule has 3 aromatic rings. The van der Waals surface area contributed by atoms with Crippen molar-refractivity contribution < 1.29 is 23.7 Å². The van der Waals surface area contributed by atoms with Gasteiger partial charge in [0.15, 0.2) is 11.5 Å². The fraction of sp³-hybridized carbons (Fsp3) is 0.269. The van der Waals surface area contributed by atoms with E-state index in [9.17, 15) is 4.79 Å². The molecule has 5 heteroatoms. The summed E-state index contributed by atoms with van der Waals surface area (Å²) >= 11 is 0. The number of carbonyl (C=O) groups is 1. The molecule has 31 heavy (non-hydrogen) atoms. The molecule has 0 fully saturated rings.